The fourth-order valence-electron chi connectivity index (χ4n) is 3.67. The maximum atomic E-state index is 13.0. The number of benzene rings is 1. The largest absolute Gasteiger partial charge is 0.340 e. The molecule has 0 saturated carbocycles. The molecule has 1 aliphatic heterocycles. The predicted molar refractivity (Wildman–Crippen MR) is 113 cm³/mol. The summed E-state index contributed by atoms with van der Waals surface area (Å²) in [7, 11) is 1.51. The lowest BCUT2D eigenvalue weighted by Crippen LogP contribution is -2.44. The Labute approximate surface area is 168 Å². The Morgan fingerprint density at radius 2 is 1.83 bits per heavy atom. The van der Waals surface area contributed by atoms with Crippen LogP contribution in [0.2, 0.25) is 0 Å². The van der Waals surface area contributed by atoms with Crippen LogP contribution in [0.1, 0.15) is 12.5 Å². The fourth-order valence-corrected chi connectivity index (χ4v) is 3.67. The molecule has 150 valence electrons. The van der Waals surface area contributed by atoms with Crippen molar-refractivity contribution in [2.24, 2.45) is 7.05 Å². The van der Waals surface area contributed by atoms with E-state index in [9.17, 15) is 9.59 Å². The van der Waals surface area contributed by atoms with Gasteiger partial charge in [-0.25, -0.2) is 4.79 Å². The minimum absolute atomic E-state index is 0.346. The first kappa shape index (κ1) is 19.0. The van der Waals surface area contributed by atoms with Crippen LogP contribution in [0.25, 0.3) is 11.2 Å². The second-order valence-electron chi connectivity index (χ2n) is 7.05. The van der Waals surface area contributed by atoms with Crippen LogP contribution in [0.3, 0.4) is 0 Å². The highest BCUT2D eigenvalue weighted by atomic mass is 16.2. The molecule has 0 aliphatic carbocycles. The number of rotatable bonds is 4. The van der Waals surface area contributed by atoms with Gasteiger partial charge < -0.3 is 10.2 Å². The van der Waals surface area contributed by atoms with Gasteiger partial charge in [0.15, 0.2) is 11.2 Å². The van der Waals surface area contributed by atoms with E-state index in [1.807, 2.05) is 34.9 Å². The predicted octanol–water partition coefficient (Wildman–Crippen LogP) is 0.378. The van der Waals surface area contributed by atoms with Crippen LogP contribution in [-0.2, 0) is 20.1 Å². The molecule has 1 fully saturated rings. The normalized spacial score (nSPS) is 14.1. The Morgan fingerprint density at radius 3 is 2.52 bits per heavy atom. The maximum absolute atomic E-state index is 13.0. The number of hydrogen-bond acceptors (Lipinski definition) is 5. The van der Waals surface area contributed by atoms with E-state index in [1.165, 1.54) is 7.05 Å². The highest BCUT2D eigenvalue weighted by Crippen LogP contribution is 2.20. The molecule has 1 aliphatic rings. The molecular formula is C21H24N6O2. The van der Waals surface area contributed by atoms with Crippen molar-refractivity contribution in [1.82, 2.24) is 24.0 Å². The van der Waals surface area contributed by atoms with Crippen LogP contribution in [0.4, 0.5) is 5.95 Å². The van der Waals surface area contributed by atoms with Crippen molar-refractivity contribution in [3.63, 3.8) is 0 Å². The third-order valence-corrected chi connectivity index (χ3v) is 5.21. The Hall–Kier alpha value is -3.31. The molecule has 0 amide bonds. The van der Waals surface area contributed by atoms with Crippen LogP contribution >= 0.6 is 0 Å². The average molecular weight is 392 g/mol. The lowest BCUT2D eigenvalue weighted by Gasteiger charge is -2.28. The van der Waals surface area contributed by atoms with Crippen molar-refractivity contribution in [2.45, 2.75) is 20.0 Å². The van der Waals surface area contributed by atoms with Crippen molar-refractivity contribution in [3.8, 4) is 11.8 Å². The number of anilines is 1. The Kier molecular flexibility index (Phi) is 5.23. The van der Waals surface area contributed by atoms with E-state index in [0.717, 1.165) is 36.3 Å². The van der Waals surface area contributed by atoms with Gasteiger partial charge in [-0.1, -0.05) is 36.3 Å². The van der Waals surface area contributed by atoms with Crippen LogP contribution in [-0.4, -0.2) is 44.9 Å². The van der Waals surface area contributed by atoms with Crippen LogP contribution in [0, 0.1) is 11.8 Å². The number of nitrogens with one attached hydrogen (secondary N) is 1. The van der Waals surface area contributed by atoms with Crippen molar-refractivity contribution in [2.75, 3.05) is 31.1 Å². The van der Waals surface area contributed by atoms with Gasteiger partial charge in [-0.3, -0.25) is 18.5 Å². The van der Waals surface area contributed by atoms with E-state index in [2.05, 4.69) is 22.1 Å². The molecule has 1 N–H and O–H groups in total. The molecule has 2 aromatic heterocycles. The summed E-state index contributed by atoms with van der Waals surface area (Å²) >= 11 is 0. The van der Waals surface area contributed by atoms with E-state index in [1.54, 1.807) is 11.5 Å². The maximum Gasteiger partial charge on any atom is 0.332 e. The van der Waals surface area contributed by atoms with Gasteiger partial charge in [0.25, 0.3) is 5.56 Å². The summed E-state index contributed by atoms with van der Waals surface area (Å²) in [6.07, 6.45) is 0. The standard InChI is InChI=1S/C21H24N6O2/c1-3-4-12-26-17-18(23-20(26)25-13-10-22-11-14-25)27(21(29)24(2)19(17)28)15-16-8-6-5-7-9-16/h5-9,22H,10-15H2,1-2H3. The Morgan fingerprint density at radius 1 is 1.10 bits per heavy atom. The third kappa shape index (κ3) is 3.45. The molecule has 1 saturated heterocycles. The highest BCUT2D eigenvalue weighted by molar-refractivity contribution is 5.75. The first-order valence-corrected chi connectivity index (χ1v) is 9.71. The zero-order valence-electron chi connectivity index (χ0n) is 16.7. The van der Waals surface area contributed by atoms with Gasteiger partial charge in [0.05, 0.1) is 13.1 Å². The number of imidazole rings is 1. The SMILES string of the molecule is CC#CCn1c(N2CCNCC2)nc2c1c(=O)n(C)c(=O)n2Cc1ccccc1. The second-order valence-corrected chi connectivity index (χ2v) is 7.05. The molecule has 0 spiro atoms. The van der Waals surface area contributed by atoms with Gasteiger partial charge in [0.2, 0.25) is 5.95 Å². The molecule has 3 aromatic rings. The highest BCUT2D eigenvalue weighted by Gasteiger charge is 2.24. The fraction of sp³-hybridized carbons (Fsp3) is 0.381. The van der Waals surface area contributed by atoms with E-state index in [0.29, 0.717) is 30.2 Å². The van der Waals surface area contributed by atoms with Gasteiger partial charge in [0.1, 0.15) is 0 Å². The first-order valence-electron chi connectivity index (χ1n) is 9.71. The molecule has 8 nitrogen and oxygen atoms in total. The zero-order valence-corrected chi connectivity index (χ0v) is 16.7. The number of aromatic nitrogens is 4. The Balaban J connectivity index is 1.98. The van der Waals surface area contributed by atoms with Crippen molar-refractivity contribution < 1.29 is 0 Å². The van der Waals surface area contributed by atoms with Gasteiger partial charge in [-0.15, -0.1) is 5.92 Å². The molecule has 0 radical (unpaired) electrons. The zero-order chi connectivity index (χ0) is 20.4. The molecule has 0 atom stereocenters. The second kappa shape index (κ2) is 7.97. The minimum Gasteiger partial charge on any atom is -0.340 e. The van der Waals surface area contributed by atoms with Crippen LogP contribution < -0.4 is 21.5 Å². The van der Waals surface area contributed by atoms with Crippen molar-refractivity contribution >= 4 is 17.1 Å². The lowest BCUT2D eigenvalue weighted by molar-refractivity contribution is 0.572. The molecule has 8 heteroatoms. The number of piperazine rings is 1. The third-order valence-electron chi connectivity index (χ3n) is 5.21. The smallest absolute Gasteiger partial charge is 0.332 e. The average Bonchev–Trinajstić information content (AvgIpc) is 3.14. The molecule has 3 heterocycles. The summed E-state index contributed by atoms with van der Waals surface area (Å²) in [6.45, 7) is 5.73. The monoisotopic (exact) mass is 392 g/mol. The number of nitrogens with zero attached hydrogens (tertiary/aromatic N) is 5. The van der Waals surface area contributed by atoms with E-state index < -0.39 is 0 Å². The summed E-state index contributed by atoms with van der Waals surface area (Å²) in [5, 5.41) is 3.33. The van der Waals surface area contributed by atoms with Gasteiger partial charge in [0, 0.05) is 33.2 Å². The summed E-state index contributed by atoms with van der Waals surface area (Å²) in [6, 6.07) is 9.71. The topological polar surface area (TPSA) is 77.1 Å². The van der Waals surface area contributed by atoms with Crippen LogP contribution in [0.5, 0.6) is 0 Å². The van der Waals surface area contributed by atoms with Gasteiger partial charge >= 0.3 is 5.69 Å². The first-order chi connectivity index (χ1) is 14.1. The summed E-state index contributed by atoms with van der Waals surface area (Å²) < 4.78 is 4.58. The molecule has 0 bridgehead atoms. The quantitative estimate of drug-likeness (QED) is 0.650. The minimum atomic E-state index is -0.371. The van der Waals surface area contributed by atoms with Crippen molar-refractivity contribution in [1.29, 1.82) is 0 Å². The number of hydrogen-bond donors (Lipinski definition) is 1. The van der Waals surface area contributed by atoms with Gasteiger partial charge in [-0.2, -0.15) is 4.98 Å². The summed E-state index contributed by atoms with van der Waals surface area (Å²) in [5.41, 5.74) is 1.08. The van der Waals surface area contributed by atoms with Crippen molar-refractivity contribution in [3.05, 3.63) is 56.7 Å². The number of fused-ring (bicyclic) bond motifs is 1. The van der Waals surface area contributed by atoms with E-state index >= 15 is 0 Å². The van der Waals surface area contributed by atoms with Crippen LogP contribution in [0.15, 0.2) is 39.9 Å². The molecular weight excluding hydrogens is 368 g/mol. The summed E-state index contributed by atoms with van der Waals surface area (Å²) in [4.78, 5) is 32.9. The molecule has 4 rings (SSSR count). The molecule has 29 heavy (non-hydrogen) atoms. The van der Waals surface area contributed by atoms with E-state index in [-0.39, 0.29) is 11.2 Å². The lowest BCUT2D eigenvalue weighted by atomic mass is 10.2. The summed E-state index contributed by atoms with van der Waals surface area (Å²) in [5.74, 6) is 6.63. The molecule has 1 aromatic carbocycles. The van der Waals surface area contributed by atoms with E-state index in [4.69, 9.17) is 4.98 Å². The van der Waals surface area contributed by atoms with Gasteiger partial charge in [-0.05, 0) is 12.5 Å². The molecule has 0 unspecified atom stereocenters. The Bertz CT molecular complexity index is 1200.